The Kier molecular flexibility index (Phi) is 3.84. The first kappa shape index (κ1) is 16.9. The molecule has 0 spiro atoms. The maximum atomic E-state index is 12.2. The van der Waals surface area contributed by atoms with E-state index in [4.69, 9.17) is 12.6 Å². The summed E-state index contributed by atoms with van der Waals surface area (Å²) in [6, 6.07) is 0. The first-order valence-corrected chi connectivity index (χ1v) is 10.2. The fourth-order valence-electron chi connectivity index (χ4n) is 7.27. The van der Waals surface area contributed by atoms with Crippen molar-refractivity contribution in [3.63, 3.8) is 0 Å². The molecule has 0 bridgehead atoms. The number of rotatable bonds is 1. The van der Waals surface area contributed by atoms with Crippen LogP contribution < -0.4 is 0 Å². The van der Waals surface area contributed by atoms with Crippen LogP contribution in [0.2, 0.25) is 0 Å². The van der Waals surface area contributed by atoms with Crippen molar-refractivity contribution in [1.82, 2.24) is 0 Å². The molecule has 0 heterocycles. The van der Waals surface area contributed by atoms with Gasteiger partial charge in [-0.15, -0.1) is 0 Å². The second-order valence-electron chi connectivity index (χ2n) is 9.40. The van der Waals surface area contributed by atoms with Crippen LogP contribution in [0.1, 0.15) is 65.7 Å². The van der Waals surface area contributed by atoms with Crippen LogP contribution in [0.15, 0.2) is 11.6 Å². The van der Waals surface area contributed by atoms with Crippen molar-refractivity contribution in [2.45, 2.75) is 71.0 Å². The monoisotopic (exact) mass is 346 g/mol. The Labute approximate surface area is 151 Å². The van der Waals surface area contributed by atoms with E-state index in [0.29, 0.717) is 30.0 Å². The highest BCUT2D eigenvalue weighted by Gasteiger charge is 2.60. The van der Waals surface area contributed by atoms with E-state index in [-0.39, 0.29) is 27.8 Å². The molecular weight excluding hydrogens is 316 g/mol. The molecule has 0 radical (unpaired) electrons. The molecule has 7 atom stereocenters. The largest absolute Gasteiger partial charge is 0.300 e. The van der Waals surface area contributed by atoms with Gasteiger partial charge in [-0.3, -0.25) is 9.59 Å². The van der Waals surface area contributed by atoms with E-state index in [2.05, 4.69) is 13.8 Å². The first-order valence-electron chi connectivity index (χ1n) is 9.71. The fourth-order valence-corrected chi connectivity index (χ4v) is 7.89. The van der Waals surface area contributed by atoms with Gasteiger partial charge in [-0.25, -0.2) is 0 Å². The molecule has 0 amide bonds. The van der Waals surface area contributed by atoms with Crippen LogP contribution in [0.5, 0.6) is 0 Å². The second kappa shape index (κ2) is 5.46. The molecule has 0 aromatic carbocycles. The standard InChI is InChI=1S/C21H30O2S/c1-12(22)15-4-5-16-14-11-19(24)18-10-13(23)6-8-21(18,3)17(14)7-9-20(15,16)2/h10,14-17,19,24H,4-9,11H2,1-3H3/t14?,15?,16?,17?,19-,20-,21-/m1/s1. The Hall–Kier alpha value is -0.570. The van der Waals surface area contributed by atoms with E-state index < -0.39 is 0 Å². The predicted octanol–water partition coefficient (Wildman–Crippen LogP) is 4.63. The summed E-state index contributed by atoms with van der Waals surface area (Å²) in [7, 11) is 0. The minimum absolute atomic E-state index is 0.152. The first-order chi connectivity index (χ1) is 11.3. The molecule has 2 nitrogen and oxygen atoms in total. The van der Waals surface area contributed by atoms with Gasteiger partial charge in [0.15, 0.2) is 5.78 Å². The van der Waals surface area contributed by atoms with Gasteiger partial charge in [-0.1, -0.05) is 13.8 Å². The summed E-state index contributed by atoms with van der Waals surface area (Å²) < 4.78 is 0. The van der Waals surface area contributed by atoms with Gasteiger partial charge in [0, 0.05) is 17.6 Å². The maximum absolute atomic E-state index is 12.2. The lowest BCUT2D eigenvalue weighted by Crippen LogP contribution is -2.53. The summed E-state index contributed by atoms with van der Waals surface area (Å²) in [4.78, 5) is 24.2. The van der Waals surface area contributed by atoms with Crippen molar-refractivity contribution in [3.8, 4) is 0 Å². The predicted molar refractivity (Wildman–Crippen MR) is 99.0 cm³/mol. The van der Waals surface area contributed by atoms with E-state index in [1.54, 1.807) is 6.92 Å². The Morgan fingerprint density at radius 2 is 1.92 bits per heavy atom. The van der Waals surface area contributed by atoms with E-state index >= 15 is 0 Å². The molecule has 0 aromatic rings. The molecule has 132 valence electrons. The molecule has 0 saturated heterocycles. The molecule has 0 N–H and O–H groups in total. The number of Topliss-reactive ketones (excluding diaryl/α,β-unsaturated/α-hetero) is 1. The lowest BCUT2D eigenvalue weighted by molar-refractivity contribution is -0.128. The van der Waals surface area contributed by atoms with E-state index in [9.17, 15) is 9.59 Å². The van der Waals surface area contributed by atoms with Crippen molar-refractivity contribution in [2.75, 3.05) is 0 Å². The smallest absolute Gasteiger partial charge is 0.155 e. The van der Waals surface area contributed by atoms with Crippen molar-refractivity contribution in [3.05, 3.63) is 11.6 Å². The van der Waals surface area contributed by atoms with E-state index in [1.165, 1.54) is 24.8 Å². The molecule has 0 aliphatic heterocycles. The Morgan fingerprint density at radius 1 is 1.17 bits per heavy atom. The third kappa shape index (κ3) is 2.15. The highest BCUT2D eigenvalue weighted by molar-refractivity contribution is 7.81. The number of fused-ring (bicyclic) bond motifs is 5. The quantitative estimate of drug-likeness (QED) is 0.702. The number of thiol groups is 1. The summed E-state index contributed by atoms with van der Waals surface area (Å²) >= 11 is 4.93. The summed E-state index contributed by atoms with van der Waals surface area (Å²) in [5.74, 6) is 2.95. The SMILES string of the molecule is CC(=O)C1CCC2C3C[C@@H](S)C4=CC(=O)CC[C@]4(C)C3CC[C@]12C. The lowest BCUT2D eigenvalue weighted by Gasteiger charge is -2.59. The molecule has 4 aliphatic rings. The van der Waals surface area contributed by atoms with Crippen LogP contribution in [-0.4, -0.2) is 16.8 Å². The highest BCUT2D eigenvalue weighted by Crippen LogP contribution is 2.67. The van der Waals surface area contributed by atoms with Crippen LogP contribution in [0.4, 0.5) is 0 Å². The van der Waals surface area contributed by atoms with Crippen LogP contribution in [0.25, 0.3) is 0 Å². The van der Waals surface area contributed by atoms with Gasteiger partial charge in [-0.05, 0) is 85.7 Å². The molecule has 24 heavy (non-hydrogen) atoms. The average molecular weight is 347 g/mol. The normalized spacial score (nSPS) is 50.6. The number of hydrogen-bond donors (Lipinski definition) is 1. The van der Waals surface area contributed by atoms with Crippen LogP contribution in [0.3, 0.4) is 0 Å². The average Bonchev–Trinajstić information content (AvgIpc) is 2.87. The van der Waals surface area contributed by atoms with E-state index in [1.807, 2.05) is 6.08 Å². The summed E-state index contributed by atoms with van der Waals surface area (Å²) in [5, 5.41) is 0.222. The topological polar surface area (TPSA) is 34.1 Å². The molecule has 4 rings (SSSR count). The van der Waals surface area contributed by atoms with Crippen LogP contribution >= 0.6 is 12.6 Å². The number of hydrogen-bond acceptors (Lipinski definition) is 3. The van der Waals surface area contributed by atoms with Gasteiger partial charge in [0.05, 0.1) is 0 Å². The van der Waals surface area contributed by atoms with Gasteiger partial charge >= 0.3 is 0 Å². The minimum atomic E-state index is 0.152. The summed E-state index contributed by atoms with van der Waals surface area (Å²) in [6.07, 6.45) is 9.38. The number of carbonyl (C=O) groups excluding carboxylic acids is 2. The Bertz CT molecular complexity index is 623. The summed E-state index contributed by atoms with van der Waals surface area (Å²) in [6.45, 7) is 6.57. The van der Waals surface area contributed by atoms with Crippen molar-refractivity contribution >= 4 is 24.2 Å². The molecular formula is C21H30O2S. The Morgan fingerprint density at radius 3 is 2.62 bits per heavy atom. The minimum Gasteiger partial charge on any atom is -0.300 e. The molecule has 3 saturated carbocycles. The van der Waals surface area contributed by atoms with Gasteiger partial charge in [-0.2, -0.15) is 12.6 Å². The van der Waals surface area contributed by atoms with Crippen molar-refractivity contribution < 1.29 is 9.59 Å². The van der Waals surface area contributed by atoms with Gasteiger partial charge in [0.25, 0.3) is 0 Å². The Balaban J connectivity index is 1.71. The zero-order chi connectivity index (χ0) is 17.3. The molecule has 4 unspecified atom stereocenters. The lowest BCUT2D eigenvalue weighted by atomic mass is 9.46. The van der Waals surface area contributed by atoms with Gasteiger partial charge in [0.2, 0.25) is 0 Å². The third-order valence-electron chi connectivity index (χ3n) is 8.47. The molecule has 3 heteroatoms. The van der Waals surface area contributed by atoms with Crippen molar-refractivity contribution in [2.24, 2.45) is 34.5 Å². The van der Waals surface area contributed by atoms with E-state index in [0.717, 1.165) is 19.3 Å². The summed E-state index contributed by atoms with van der Waals surface area (Å²) in [5.41, 5.74) is 1.66. The zero-order valence-electron chi connectivity index (χ0n) is 15.2. The highest BCUT2D eigenvalue weighted by atomic mass is 32.1. The van der Waals surface area contributed by atoms with Gasteiger partial charge < -0.3 is 0 Å². The number of carbonyl (C=O) groups is 2. The van der Waals surface area contributed by atoms with Crippen LogP contribution in [-0.2, 0) is 9.59 Å². The maximum Gasteiger partial charge on any atom is 0.155 e. The third-order valence-corrected chi connectivity index (χ3v) is 8.96. The zero-order valence-corrected chi connectivity index (χ0v) is 16.1. The molecule has 0 aromatic heterocycles. The molecule has 4 aliphatic carbocycles. The fraction of sp³-hybridized carbons (Fsp3) is 0.810. The molecule has 3 fully saturated rings. The number of ketones is 2. The van der Waals surface area contributed by atoms with Crippen molar-refractivity contribution in [1.29, 1.82) is 0 Å². The van der Waals surface area contributed by atoms with Crippen LogP contribution in [0, 0.1) is 34.5 Å². The van der Waals surface area contributed by atoms with Gasteiger partial charge in [0.1, 0.15) is 5.78 Å². The second-order valence-corrected chi connectivity index (χ2v) is 10.0.